The molecule has 0 aromatic heterocycles. The number of carbonyl (C=O) groups is 2. The van der Waals surface area contributed by atoms with Gasteiger partial charge in [-0.05, 0) is 17.7 Å². The van der Waals surface area contributed by atoms with Crippen molar-refractivity contribution in [2.75, 3.05) is 5.32 Å². The Morgan fingerprint density at radius 1 is 1.38 bits per heavy atom. The lowest BCUT2D eigenvalue weighted by Gasteiger charge is -2.19. The van der Waals surface area contributed by atoms with E-state index in [4.69, 9.17) is 0 Å². The summed E-state index contributed by atoms with van der Waals surface area (Å²) < 4.78 is 0. The fraction of sp³-hybridized carbons (Fsp3) is 0.400. The van der Waals surface area contributed by atoms with E-state index in [-0.39, 0.29) is 22.3 Å². The molecule has 0 saturated heterocycles. The highest BCUT2D eigenvalue weighted by atomic mass is 32.2. The van der Waals surface area contributed by atoms with Gasteiger partial charge in [0.05, 0.1) is 5.71 Å². The van der Waals surface area contributed by atoms with E-state index in [1.54, 1.807) is 0 Å². The summed E-state index contributed by atoms with van der Waals surface area (Å²) in [6.45, 7) is 5.93. The SMILES string of the molecule is CC(C)SC(=O)Nc1ccc(C2=NNC(=O)CC2C)cc1. The Hall–Kier alpha value is -1.82. The average molecular weight is 305 g/mol. The molecule has 2 N–H and O–H groups in total. The van der Waals surface area contributed by atoms with Crippen molar-refractivity contribution in [3.8, 4) is 0 Å². The number of nitrogens with one attached hydrogen (secondary N) is 2. The van der Waals surface area contributed by atoms with E-state index in [1.165, 1.54) is 11.8 Å². The minimum atomic E-state index is -0.0617. The van der Waals surface area contributed by atoms with Crippen LogP contribution in [0.4, 0.5) is 10.5 Å². The summed E-state index contributed by atoms with van der Waals surface area (Å²) in [6, 6.07) is 7.50. The monoisotopic (exact) mass is 305 g/mol. The van der Waals surface area contributed by atoms with Gasteiger partial charge in [-0.2, -0.15) is 5.10 Å². The smallest absolute Gasteiger partial charge is 0.283 e. The molecule has 1 aliphatic heterocycles. The number of hydrogen-bond acceptors (Lipinski definition) is 4. The summed E-state index contributed by atoms with van der Waals surface area (Å²) >= 11 is 1.26. The Labute approximate surface area is 128 Å². The fourth-order valence-electron chi connectivity index (χ4n) is 2.09. The molecule has 2 rings (SSSR count). The fourth-order valence-corrected chi connectivity index (χ4v) is 2.69. The van der Waals surface area contributed by atoms with Crippen molar-refractivity contribution in [1.29, 1.82) is 0 Å². The molecule has 0 spiro atoms. The molecule has 0 fully saturated rings. The predicted octanol–water partition coefficient (Wildman–Crippen LogP) is 3.22. The number of hydrazone groups is 1. The van der Waals surface area contributed by atoms with Crippen LogP contribution >= 0.6 is 11.8 Å². The van der Waals surface area contributed by atoms with Gasteiger partial charge in [0, 0.05) is 23.3 Å². The lowest BCUT2D eigenvalue weighted by atomic mass is 9.94. The van der Waals surface area contributed by atoms with E-state index in [9.17, 15) is 9.59 Å². The van der Waals surface area contributed by atoms with Gasteiger partial charge in [-0.3, -0.25) is 9.59 Å². The standard InChI is InChI=1S/C15H19N3O2S/c1-9(2)21-15(20)16-12-6-4-11(5-7-12)14-10(3)8-13(19)17-18-14/h4-7,9-10H,8H2,1-3H3,(H,16,20)(H,17,19). The number of amides is 2. The first-order valence-electron chi connectivity index (χ1n) is 6.90. The zero-order valence-electron chi connectivity index (χ0n) is 12.3. The molecule has 1 unspecified atom stereocenters. The summed E-state index contributed by atoms with van der Waals surface area (Å²) in [5.41, 5.74) is 5.08. The molecule has 1 aliphatic rings. The Morgan fingerprint density at radius 3 is 2.62 bits per heavy atom. The zero-order chi connectivity index (χ0) is 15.4. The van der Waals surface area contributed by atoms with Gasteiger partial charge in [0.15, 0.2) is 0 Å². The van der Waals surface area contributed by atoms with E-state index in [0.717, 1.165) is 17.0 Å². The van der Waals surface area contributed by atoms with Crippen molar-refractivity contribution in [1.82, 2.24) is 5.43 Å². The first kappa shape index (κ1) is 15.6. The number of nitrogens with zero attached hydrogens (tertiary/aromatic N) is 1. The third-order valence-corrected chi connectivity index (χ3v) is 3.82. The molecule has 2 amide bonds. The van der Waals surface area contributed by atoms with Crippen LogP contribution in [-0.2, 0) is 4.79 Å². The molecule has 0 radical (unpaired) electrons. The Kier molecular flexibility index (Phi) is 5.01. The van der Waals surface area contributed by atoms with E-state index < -0.39 is 0 Å². The number of anilines is 1. The van der Waals surface area contributed by atoms with Crippen LogP contribution in [0.25, 0.3) is 0 Å². The van der Waals surface area contributed by atoms with Gasteiger partial charge in [0.1, 0.15) is 0 Å². The van der Waals surface area contributed by atoms with E-state index >= 15 is 0 Å². The van der Waals surface area contributed by atoms with Crippen LogP contribution < -0.4 is 10.7 Å². The molecule has 6 heteroatoms. The third-order valence-electron chi connectivity index (χ3n) is 3.03. The van der Waals surface area contributed by atoms with Crippen molar-refractivity contribution < 1.29 is 9.59 Å². The van der Waals surface area contributed by atoms with Gasteiger partial charge in [0.25, 0.3) is 5.24 Å². The summed E-state index contributed by atoms with van der Waals surface area (Å²) in [7, 11) is 0. The van der Waals surface area contributed by atoms with Gasteiger partial charge in [-0.15, -0.1) is 0 Å². The quantitative estimate of drug-likeness (QED) is 0.900. The summed E-state index contributed by atoms with van der Waals surface area (Å²) in [5, 5.41) is 7.15. The molecule has 0 bridgehead atoms. The second-order valence-electron chi connectivity index (χ2n) is 5.29. The molecule has 5 nitrogen and oxygen atoms in total. The van der Waals surface area contributed by atoms with E-state index in [2.05, 4.69) is 15.8 Å². The van der Waals surface area contributed by atoms with Gasteiger partial charge in [0.2, 0.25) is 5.91 Å². The van der Waals surface area contributed by atoms with E-state index in [0.29, 0.717) is 6.42 Å². The Balaban J connectivity index is 2.05. The molecule has 112 valence electrons. The zero-order valence-corrected chi connectivity index (χ0v) is 13.2. The van der Waals surface area contributed by atoms with Crippen LogP contribution in [0.15, 0.2) is 29.4 Å². The summed E-state index contributed by atoms with van der Waals surface area (Å²) in [5.74, 6) is 0.0385. The average Bonchev–Trinajstić information content (AvgIpc) is 2.39. The van der Waals surface area contributed by atoms with Gasteiger partial charge in [-0.1, -0.05) is 44.7 Å². The highest BCUT2D eigenvalue weighted by molar-refractivity contribution is 8.14. The molecule has 1 aromatic rings. The molecule has 21 heavy (non-hydrogen) atoms. The first-order valence-corrected chi connectivity index (χ1v) is 7.78. The van der Waals surface area contributed by atoms with Gasteiger partial charge in [-0.25, -0.2) is 5.43 Å². The van der Waals surface area contributed by atoms with Crippen molar-refractivity contribution in [2.45, 2.75) is 32.4 Å². The Bertz CT molecular complexity index is 567. The number of hydrogen-bond donors (Lipinski definition) is 2. The Morgan fingerprint density at radius 2 is 2.05 bits per heavy atom. The lowest BCUT2D eigenvalue weighted by Crippen LogP contribution is -2.31. The molecular weight excluding hydrogens is 286 g/mol. The van der Waals surface area contributed by atoms with Crippen LogP contribution in [0.3, 0.4) is 0 Å². The van der Waals surface area contributed by atoms with Crippen LogP contribution in [0.1, 0.15) is 32.8 Å². The highest BCUT2D eigenvalue weighted by Gasteiger charge is 2.21. The molecule has 0 aliphatic carbocycles. The minimum Gasteiger partial charge on any atom is -0.317 e. The van der Waals surface area contributed by atoms with Crippen molar-refractivity contribution >= 4 is 34.3 Å². The maximum atomic E-state index is 11.7. The maximum Gasteiger partial charge on any atom is 0.283 e. The van der Waals surface area contributed by atoms with Gasteiger partial charge < -0.3 is 5.32 Å². The second kappa shape index (κ2) is 6.76. The largest absolute Gasteiger partial charge is 0.317 e. The van der Waals surface area contributed by atoms with E-state index in [1.807, 2.05) is 45.0 Å². The summed E-state index contributed by atoms with van der Waals surface area (Å²) in [6.07, 6.45) is 0.447. The van der Waals surface area contributed by atoms with Crippen molar-refractivity contribution in [3.05, 3.63) is 29.8 Å². The number of carbonyl (C=O) groups excluding carboxylic acids is 2. The van der Waals surface area contributed by atoms with Crippen molar-refractivity contribution in [3.63, 3.8) is 0 Å². The normalized spacial score (nSPS) is 18.2. The number of benzene rings is 1. The topological polar surface area (TPSA) is 70.6 Å². The number of rotatable bonds is 3. The molecule has 0 saturated carbocycles. The van der Waals surface area contributed by atoms with Crippen LogP contribution in [0, 0.1) is 5.92 Å². The molecule has 1 atom stereocenters. The van der Waals surface area contributed by atoms with Crippen molar-refractivity contribution in [2.24, 2.45) is 11.0 Å². The van der Waals surface area contributed by atoms with Crippen LogP contribution in [-0.4, -0.2) is 22.1 Å². The third kappa shape index (κ3) is 4.32. The minimum absolute atomic E-state index is 0.0548. The van der Waals surface area contributed by atoms with Crippen LogP contribution in [0.2, 0.25) is 0 Å². The summed E-state index contributed by atoms with van der Waals surface area (Å²) in [4.78, 5) is 22.9. The predicted molar refractivity (Wildman–Crippen MR) is 86.6 cm³/mol. The van der Waals surface area contributed by atoms with Crippen LogP contribution in [0.5, 0.6) is 0 Å². The number of thioether (sulfide) groups is 1. The highest BCUT2D eigenvalue weighted by Crippen LogP contribution is 2.20. The lowest BCUT2D eigenvalue weighted by molar-refractivity contribution is -0.121. The molecule has 1 aromatic carbocycles. The molecule has 1 heterocycles. The van der Waals surface area contributed by atoms with Gasteiger partial charge >= 0.3 is 0 Å². The maximum absolute atomic E-state index is 11.7. The molecular formula is C15H19N3O2S. The second-order valence-corrected chi connectivity index (χ2v) is 6.84. The first-order chi connectivity index (χ1) is 9.95.